The molecule has 0 atom stereocenters. The molecule has 0 saturated carbocycles. The molecular formula is C13H8N3+. The van der Waals surface area contributed by atoms with Crippen molar-refractivity contribution in [3.8, 4) is 0 Å². The van der Waals surface area contributed by atoms with Gasteiger partial charge in [0, 0.05) is 22.9 Å². The monoisotopic (exact) mass is 206 g/mol. The van der Waals surface area contributed by atoms with Gasteiger partial charge in [-0.25, -0.2) is 4.98 Å². The normalized spacial score (nSPS) is 10.4. The molecule has 0 N–H and O–H groups in total. The van der Waals surface area contributed by atoms with Crippen molar-refractivity contribution in [2.45, 2.75) is 0 Å². The molecule has 74 valence electrons. The van der Waals surface area contributed by atoms with Crippen molar-refractivity contribution in [3.05, 3.63) is 53.5 Å². The van der Waals surface area contributed by atoms with Gasteiger partial charge in [-0.2, -0.15) is 0 Å². The van der Waals surface area contributed by atoms with Gasteiger partial charge in [-0.3, -0.25) is 0 Å². The second-order valence-corrected chi connectivity index (χ2v) is 3.66. The van der Waals surface area contributed by atoms with Gasteiger partial charge >= 0.3 is 5.69 Å². The lowest BCUT2D eigenvalue weighted by molar-refractivity contribution is 1.46. The molecule has 3 rings (SSSR count). The van der Waals surface area contributed by atoms with E-state index in [2.05, 4.69) is 9.96 Å². The summed E-state index contributed by atoms with van der Waals surface area (Å²) >= 11 is 0. The number of benzene rings is 2. The van der Waals surface area contributed by atoms with E-state index in [9.17, 15) is 0 Å². The van der Waals surface area contributed by atoms with Crippen LogP contribution in [0.3, 0.4) is 0 Å². The molecule has 0 aliphatic heterocycles. The fourth-order valence-corrected chi connectivity index (χ4v) is 1.83. The van der Waals surface area contributed by atoms with E-state index in [0.29, 0.717) is 5.69 Å². The van der Waals surface area contributed by atoms with Crippen LogP contribution >= 0.6 is 0 Å². The Bertz CT molecular complexity index is 726. The van der Waals surface area contributed by atoms with Crippen molar-refractivity contribution in [3.63, 3.8) is 0 Å². The molecule has 0 spiro atoms. The number of aromatic nitrogens is 1. The van der Waals surface area contributed by atoms with Crippen molar-refractivity contribution >= 4 is 27.5 Å². The van der Waals surface area contributed by atoms with Crippen LogP contribution in [0.4, 0.5) is 5.69 Å². The smallest absolute Gasteiger partial charge is 0.248 e. The van der Waals surface area contributed by atoms with Crippen LogP contribution in [0, 0.1) is 5.39 Å². The fraction of sp³-hybridized carbons (Fsp3) is 0. The average Bonchev–Trinajstić information content (AvgIpc) is 2.35. The minimum absolute atomic E-state index is 0.546. The Morgan fingerprint density at radius 2 is 1.69 bits per heavy atom. The second kappa shape index (κ2) is 3.28. The van der Waals surface area contributed by atoms with E-state index in [0.717, 1.165) is 21.8 Å². The lowest BCUT2D eigenvalue weighted by atomic mass is 10.1. The maximum atomic E-state index is 8.71. The van der Waals surface area contributed by atoms with Gasteiger partial charge in [-0.05, 0) is 18.2 Å². The largest absolute Gasteiger partial charge is 0.385 e. The van der Waals surface area contributed by atoms with Crippen molar-refractivity contribution in [2.24, 2.45) is 0 Å². The van der Waals surface area contributed by atoms with Crippen LogP contribution in [0.1, 0.15) is 0 Å². The first-order valence-electron chi connectivity index (χ1n) is 5.01. The number of hydrogen-bond acceptors (Lipinski definition) is 2. The highest BCUT2D eigenvalue weighted by molar-refractivity contribution is 5.94. The van der Waals surface area contributed by atoms with Gasteiger partial charge in [0.15, 0.2) is 4.98 Å². The SMILES string of the molecule is N#[N+]c1ccc2nc3ccccc3cc2c1. The van der Waals surface area contributed by atoms with Crippen LogP contribution in [-0.4, -0.2) is 4.98 Å². The Labute approximate surface area is 92.0 Å². The van der Waals surface area contributed by atoms with Gasteiger partial charge < -0.3 is 0 Å². The second-order valence-electron chi connectivity index (χ2n) is 3.66. The minimum Gasteiger partial charge on any atom is -0.248 e. The molecule has 2 aromatic carbocycles. The van der Waals surface area contributed by atoms with Crippen molar-refractivity contribution in [1.29, 1.82) is 5.39 Å². The van der Waals surface area contributed by atoms with Crippen LogP contribution in [0.5, 0.6) is 0 Å². The predicted octanol–water partition coefficient (Wildman–Crippen LogP) is 3.87. The number of rotatable bonds is 0. The molecule has 0 unspecified atom stereocenters. The van der Waals surface area contributed by atoms with Crippen molar-refractivity contribution in [2.75, 3.05) is 0 Å². The van der Waals surface area contributed by atoms with Crippen LogP contribution in [0.15, 0.2) is 48.5 Å². The average molecular weight is 206 g/mol. The predicted molar refractivity (Wildman–Crippen MR) is 64.0 cm³/mol. The Morgan fingerprint density at radius 3 is 2.56 bits per heavy atom. The number of para-hydroxylation sites is 1. The Hall–Kier alpha value is -2.47. The van der Waals surface area contributed by atoms with E-state index in [1.807, 2.05) is 42.5 Å². The maximum absolute atomic E-state index is 8.71. The van der Waals surface area contributed by atoms with Gasteiger partial charge in [0.1, 0.15) is 0 Å². The molecule has 16 heavy (non-hydrogen) atoms. The van der Waals surface area contributed by atoms with Gasteiger partial charge in [0.05, 0.1) is 11.0 Å². The lowest BCUT2D eigenvalue weighted by Crippen LogP contribution is -1.81. The molecule has 1 heterocycles. The molecule has 0 aliphatic rings. The molecule has 0 amide bonds. The molecule has 3 nitrogen and oxygen atoms in total. The summed E-state index contributed by atoms with van der Waals surface area (Å²) in [5, 5.41) is 10.8. The van der Waals surface area contributed by atoms with Gasteiger partial charge in [0.2, 0.25) is 5.39 Å². The first kappa shape index (κ1) is 8.81. The number of hydrogen-bond donors (Lipinski definition) is 0. The first-order chi connectivity index (χ1) is 7.86. The standard InChI is InChI=1S/C13H8N3/c14-16-11-5-6-13-10(8-11)7-9-3-1-2-4-12(9)15-13/h1-8H/q+1. The number of pyridine rings is 1. The molecule has 0 aliphatic carbocycles. The van der Waals surface area contributed by atoms with E-state index < -0.39 is 0 Å². The minimum atomic E-state index is 0.546. The summed E-state index contributed by atoms with van der Waals surface area (Å²) in [5.41, 5.74) is 2.43. The summed E-state index contributed by atoms with van der Waals surface area (Å²) in [4.78, 5) is 7.70. The van der Waals surface area contributed by atoms with Crippen LogP contribution in [0.2, 0.25) is 0 Å². The maximum Gasteiger partial charge on any atom is 0.385 e. The third kappa shape index (κ3) is 1.29. The van der Waals surface area contributed by atoms with E-state index in [1.54, 1.807) is 6.07 Å². The third-order valence-electron chi connectivity index (χ3n) is 2.62. The third-order valence-corrected chi connectivity index (χ3v) is 2.62. The summed E-state index contributed by atoms with van der Waals surface area (Å²) in [7, 11) is 0. The Morgan fingerprint density at radius 1 is 0.875 bits per heavy atom. The summed E-state index contributed by atoms with van der Waals surface area (Å²) in [6, 6.07) is 15.4. The van der Waals surface area contributed by atoms with Crippen LogP contribution < -0.4 is 0 Å². The molecular weight excluding hydrogens is 198 g/mol. The van der Waals surface area contributed by atoms with E-state index in [4.69, 9.17) is 5.39 Å². The molecule has 0 radical (unpaired) electrons. The van der Waals surface area contributed by atoms with Gasteiger partial charge in [-0.15, -0.1) is 0 Å². The molecule has 1 aromatic heterocycles. The van der Waals surface area contributed by atoms with E-state index in [1.165, 1.54) is 0 Å². The van der Waals surface area contributed by atoms with Crippen LogP contribution in [0.25, 0.3) is 26.8 Å². The molecule has 3 heteroatoms. The fourth-order valence-electron chi connectivity index (χ4n) is 1.83. The highest BCUT2D eigenvalue weighted by Crippen LogP contribution is 2.23. The highest BCUT2D eigenvalue weighted by atomic mass is 14.8. The summed E-state index contributed by atoms with van der Waals surface area (Å²) in [6.45, 7) is 0. The number of diazo groups is 1. The zero-order chi connectivity index (χ0) is 11.0. The Kier molecular flexibility index (Phi) is 1.81. The summed E-state index contributed by atoms with van der Waals surface area (Å²) in [5.74, 6) is 0. The van der Waals surface area contributed by atoms with Crippen LogP contribution in [-0.2, 0) is 0 Å². The number of nitrogens with zero attached hydrogens (tertiary/aromatic N) is 3. The molecule has 3 aromatic rings. The van der Waals surface area contributed by atoms with Gasteiger partial charge in [0.25, 0.3) is 0 Å². The highest BCUT2D eigenvalue weighted by Gasteiger charge is 2.06. The molecule has 0 fully saturated rings. The van der Waals surface area contributed by atoms with Crippen molar-refractivity contribution in [1.82, 2.24) is 4.98 Å². The Balaban J connectivity index is 2.43. The quantitative estimate of drug-likeness (QED) is 0.413. The zero-order valence-corrected chi connectivity index (χ0v) is 8.46. The van der Waals surface area contributed by atoms with Gasteiger partial charge in [-0.1, -0.05) is 18.2 Å². The topological polar surface area (TPSA) is 41.0 Å². The molecule has 0 saturated heterocycles. The summed E-state index contributed by atoms with van der Waals surface area (Å²) < 4.78 is 0. The lowest BCUT2D eigenvalue weighted by Gasteiger charge is -1.99. The van der Waals surface area contributed by atoms with E-state index in [-0.39, 0.29) is 0 Å². The zero-order valence-electron chi connectivity index (χ0n) is 8.46. The first-order valence-corrected chi connectivity index (χ1v) is 5.01. The van der Waals surface area contributed by atoms with E-state index >= 15 is 0 Å². The molecule has 0 bridgehead atoms. The van der Waals surface area contributed by atoms with Crippen molar-refractivity contribution < 1.29 is 0 Å². The summed E-state index contributed by atoms with van der Waals surface area (Å²) in [6.07, 6.45) is 0. The number of fused-ring (bicyclic) bond motifs is 2.